The fraction of sp³-hybridized carbons (Fsp3) is 0.615. The zero-order chi connectivity index (χ0) is 14.0. The molecule has 1 aromatic rings. The molecule has 0 bridgehead atoms. The summed E-state index contributed by atoms with van der Waals surface area (Å²) in [5, 5.41) is 0.720. The van der Waals surface area contributed by atoms with Gasteiger partial charge >= 0.3 is 5.97 Å². The quantitative estimate of drug-likeness (QED) is 0.613. The lowest BCUT2D eigenvalue weighted by molar-refractivity contribution is 0.0517. The van der Waals surface area contributed by atoms with Gasteiger partial charge in [0.05, 0.1) is 6.61 Å². The van der Waals surface area contributed by atoms with E-state index in [0.717, 1.165) is 18.0 Å². The Morgan fingerprint density at radius 1 is 1.47 bits per heavy atom. The number of carbonyl (C=O) groups is 2. The fourth-order valence-corrected chi connectivity index (χ4v) is 2.95. The minimum absolute atomic E-state index is 0.145. The molecule has 0 unspecified atom stereocenters. The van der Waals surface area contributed by atoms with Gasteiger partial charge < -0.3 is 9.64 Å². The lowest BCUT2D eigenvalue weighted by Gasteiger charge is -2.34. The maximum Gasteiger partial charge on any atom is 0.358 e. The number of esters is 1. The highest BCUT2D eigenvalue weighted by Gasteiger charge is 2.28. The van der Waals surface area contributed by atoms with Crippen molar-refractivity contribution in [3.63, 3.8) is 0 Å². The molecular weight excluding hydrogens is 264 g/mol. The first-order valence-corrected chi connectivity index (χ1v) is 7.28. The van der Waals surface area contributed by atoms with E-state index in [4.69, 9.17) is 4.74 Å². The predicted molar refractivity (Wildman–Crippen MR) is 74.1 cm³/mol. The van der Waals surface area contributed by atoms with Gasteiger partial charge in [0, 0.05) is 20.0 Å². The van der Waals surface area contributed by atoms with Gasteiger partial charge in [-0.25, -0.2) is 9.78 Å². The number of Topliss-reactive ketones (excluding diaryl/α,β-unsaturated/α-hetero) is 1. The molecule has 1 aromatic heterocycles. The summed E-state index contributed by atoms with van der Waals surface area (Å²) in [6.45, 7) is 3.46. The molecule has 0 spiro atoms. The molecular formula is C13H18N2O3S. The van der Waals surface area contributed by atoms with Gasteiger partial charge in [-0.1, -0.05) is 11.3 Å². The minimum atomic E-state index is -0.516. The van der Waals surface area contributed by atoms with Crippen molar-refractivity contribution in [2.24, 2.45) is 0 Å². The SMILES string of the molecule is CCOC(=O)c1nc(N(C)C2CCC2)sc1C(C)=O. The van der Waals surface area contributed by atoms with Crippen LogP contribution in [-0.4, -0.2) is 36.4 Å². The summed E-state index contributed by atoms with van der Waals surface area (Å²) in [5.41, 5.74) is 0.153. The summed E-state index contributed by atoms with van der Waals surface area (Å²) >= 11 is 1.27. The summed E-state index contributed by atoms with van der Waals surface area (Å²) in [7, 11) is 1.96. The van der Waals surface area contributed by atoms with Gasteiger partial charge in [-0.3, -0.25) is 4.79 Å². The van der Waals surface area contributed by atoms with E-state index < -0.39 is 5.97 Å². The van der Waals surface area contributed by atoms with Crippen LogP contribution in [0.3, 0.4) is 0 Å². The van der Waals surface area contributed by atoms with Crippen molar-refractivity contribution in [2.45, 2.75) is 39.2 Å². The molecule has 6 heteroatoms. The van der Waals surface area contributed by atoms with Gasteiger partial charge in [0.25, 0.3) is 0 Å². The fourth-order valence-electron chi connectivity index (χ4n) is 1.97. The Hall–Kier alpha value is -1.43. The maximum absolute atomic E-state index is 11.8. The molecule has 0 amide bonds. The second-order valence-corrected chi connectivity index (χ2v) is 5.62. The van der Waals surface area contributed by atoms with E-state index in [-0.39, 0.29) is 18.1 Å². The third-order valence-corrected chi connectivity index (χ3v) is 4.58. The van der Waals surface area contributed by atoms with E-state index in [1.165, 1.54) is 24.7 Å². The average Bonchev–Trinajstić information content (AvgIpc) is 2.71. The average molecular weight is 282 g/mol. The molecule has 0 aliphatic heterocycles. The highest BCUT2D eigenvalue weighted by atomic mass is 32.1. The number of aromatic nitrogens is 1. The summed E-state index contributed by atoms with van der Waals surface area (Å²) in [5.74, 6) is -0.661. The minimum Gasteiger partial charge on any atom is -0.461 e. The molecule has 0 saturated heterocycles. The third kappa shape index (κ3) is 2.78. The van der Waals surface area contributed by atoms with Crippen LogP contribution < -0.4 is 4.90 Å². The largest absolute Gasteiger partial charge is 0.461 e. The lowest BCUT2D eigenvalue weighted by atomic mass is 9.92. The number of hydrogen-bond donors (Lipinski definition) is 0. The zero-order valence-corrected chi connectivity index (χ0v) is 12.2. The summed E-state index contributed by atoms with van der Waals surface area (Å²) in [6, 6.07) is 0.473. The van der Waals surface area contributed by atoms with Crippen molar-refractivity contribution in [3.05, 3.63) is 10.6 Å². The van der Waals surface area contributed by atoms with Crippen molar-refractivity contribution < 1.29 is 14.3 Å². The van der Waals surface area contributed by atoms with E-state index in [0.29, 0.717) is 10.9 Å². The van der Waals surface area contributed by atoms with Gasteiger partial charge in [0.2, 0.25) is 0 Å². The summed E-state index contributed by atoms with van der Waals surface area (Å²) in [4.78, 5) is 30.2. The number of ketones is 1. The van der Waals surface area contributed by atoms with E-state index in [1.54, 1.807) is 6.92 Å². The van der Waals surface area contributed by atoms with Crippen molar-refractivity contribution in [1.29, 1.82) is 0 Å². The Bertz CT molecular complexity index is 494. The number of anilines is 1. The molecule has 0 atom stereocenters. The van der Waals surface area contributed by atoms with E-state index in [1.807, 2.05) is 7.05 Å². The van der Waals surface area contributed by atoms with Crippen LogP contribution in [0.1, 0.15) is 53.3 Å². The Kier molecular flexibility index (Phi) is 4.19. The zero-order valence-electron chi connectivity index (χ0n) is 11.4. The Morgan fingerprint density at radius 2 is 2.16 bits per heavy atom. The highest BCUT2D eigenvalue weighted by molar-refractivity contribution is 7.17. The molecule has 5 nitrogen and oxygen atoms in total. The lowest BCUT2D eigenvalue weighted by Crippen LogP contribution is -2.37. The molecule has 2 rings (SSSR count). The molecule has 1 aliphatic carbocycles. The van der Waals surface area contributed by atoms with Crippen LogP contribution in [0.5, 0.6) is 0 Å². The van der Waals surface area contributed by atoms with Gasteiger partial charge in [0.1, 0.15) is 4.88 Å². The molecule has 19 heavy (non-hydrogen) atoms. The number of thiazole rings is 1. The van der Waals surface area contributed by atoms with Gasteiger partial charge in [-0.05, 0) is 26.2 Å². The number of ether oxygens (including phenoxy) is 1. The van der Waals surface area contributed by atoms with Crippen LogP contribution in [0.4, 0.5) is 5.13 Å². The first-order valence-electron chi connectivity index (χ1n) is 6.46. The number of hydrogen-bond acceptors (Lipinski definition) is 6. The van der Waals surface area contributed by atoms with Crippen molar-refractivity contribution >= 4 is 28.2 Å². The number of carbonyl (C=O) groups excluding carboxylic acids is 2. The molecule has 1 aliphatic rings. The Morgan fingerprint density at radius 3 is 2.63 bits per heavy atom. The second-order valence-electron chi connectivity index (χ2n) is 4.65. The standard InChI is InChI=1S/C13H18N2O3S/c1-4-18-12(17)10-11(8(2)16)19-13(14-10)15(3)9-6-5-7-9/h9H,4-7H2,1-3H3. The predicted octanol–water partition coefficient (Wildman–Crippen LogP) is 2.51. The van der Waals surface area contributed by atoms with E-state index in [9.17, 15) is 9.59 Å². The van der Waals surface area contributed by atoms with Crippen LogP contribution in [0.15, 0.2) is 0 Å². The maximum atomic E-state index is 11.8. The molecule has 104 valence electrons. The van der Waals surface area contributed by atoms with Crippen molar-refractivity contribution in [3.8, 4) is 0 Å². The molecule has 0 N–H and O–H groups in total. The van der Waals surface area contributed by atoms with E-state index in [2.05, 4.69) is 9.88 Å². The van der Waals surface area contributed by atoms with Crippen molar-refractivity contribution in [2.75, 3.05) is 18.6 Å². The first-order chi connectivity index (χ1) is 9.04. The van der Waals surface area contributed by atoms with Gasteiger partial charge in [-0.15, -0.1) is 0 Å². The first kappa shape index (κ1) is 14.0. The van der Waals surface area contributed by atoms with Crippen LogP contribution >= 0.6 is 11.3 Å². The highest BCUT2D eigenvalue weighted by Crippen LogP contribution is 2.33. The van der Waals surface area contributed by atoms with Gasteiger partial charge in [0.15, 0.2) is 16.6 Å². The second kappa shape index (κ2) is 5.69. The molecule has 1 saturated carbocycles. The topological polar surface area (TPSA) is 59.5 Å². The summed E-state index contributed by atoms with van der Waals surface area (Å²) < 4.78 is 4.95. The Labute approximate surface area is 116 Å². The van der Waals surface area contributed by atoms with Crippen LogP contribution in [0.2, 0.25) is 0 Å². The normalized spacial score (nSPS) is 14.9. The van der Waals surface area contributed by atoms with Crippen molar-refractivity contribution in [1.82, 2.24) is 4.98 Å². The van der Waals surface area contributed by atoms with Gasteiger partial charge in [-0.2, -0.15) is 0 Å². The van der Waals surface area contributed by atoms with Crippen LogP contribution in [0.25, 0.3) is 0 Å². The number of nitrogens with zero attached hydrogens (tertiary/aromatic N) is 2. The van der Waals surface area contributed by atoms with Crippen LogP contribution in [0, 0.1) is 0 Å². The smallest absolute Gasteiger partial charge is 0.358 e. The van der Waals surface area contributed by atoms with E-state index >= 15 is 0 Å². The Balaban J connectivity index is 2.28. The summed E-state index contributed by atoms with van der Waals surface area (Å²) in [6.07, 6.45) is 3.51. The van der Waals surface area contributed by atoms with Crippen LogP contribution in [-0.2, 0) is 4.74 Å². The molecule has 1 fully saturated rings. The molecule has 0 radical (unpaired) electrons. The monoisotopic (exact) mass is 282 g/mol. The third-order valence-electron chi connectivity index (χ3n) is 3.33. The number of rotatable bonds is 5. The molecule has 1 heterocycles. The molecule has 0 aromatic carbocycles.